The van der Waals surface area contributed by atoms with Gasteiger partial charge in [-0.3, -0.25) is 14.6 Å². The van der Waals surface area contributed by atoms with Crippen molar-refractivity contribution in [3.05, 3.63) is 17.0 Å². The molecule has 8 nitrogen and oxygen atoms in total. The quantitative estimate of drug-likeness (QED) is 0.542. The van der Waals surface area contributed by atoms with Crippen LogP contribution in [0.4, 0.5) is 0 Å². The van der Waals surface area contributed by atoms with Gasteiger partial charge in [-0.2, -0.15) is 5.10 Å². The molecule has 2 N–H and O–H groups in total. The van der Waals surface area contributed by atoms with Crippen LogP contribution in [0, 0.1) is 13.8 Å². The summed E-state index contributed by atoms with van der Waals surface area (Å²) >= 11 is 0. The first-order valence-corrected chi connectivity index (χ1v) is 10.0. The summed E-state index contributed by atoms with van der Waals surface area (Å²) in [7, 11) is 0.871. The molecule has 0 unspecified atom stereocenters. The van der Waals surface area contributed by atoms with Crippen molar-refractivity contribution in [1.29, 1.82) is 0 Å². The van der Waals surface area contributed by atoms with Crippen molar-refractivity contribution in [3.8, 4) is 0 Å². The molecule has 2 rings (SSSR count). The van der Waals surface area contributed by atoms with Gasteiger partial charge in [0.1, 0.15) is 0 Å². The Morgan fingerprint density at radius 3 is 2.46 bits per heavy atom. The summed E-state index contributed by atoms with van der Waals surface area (Å²) in [5, 5.41) is 11.0. The molecule has 0 radical (unpaired) electrons. The molecule has 1 aromatic heterocycles. The van der Waals surface area contributed by atoms with Crippen LogP contribution in [-0.2, 0) is 23.4 Å². The lowest BCUT2D eigenvalue weighted by Gasteiger charge is -2.26. The summed E-state index contributed by atoms with van der Waals surface area (Å²) in [5.41, 5.74) is 3.35. The highest BCUT2D eigenvalue weighted by molar-refractivity contribution is 7.91. The SMILES string of the molecule is CN=C(NCCN1CCS(=O)(=O)CC1)NCc1c(C)nn(C)c1C. The van der Waals surface area contributed by atoms with Gasteiger partial charge in [-0.1, -0.05) is 0 Å². The normalized spacial score (nSPS) is 18.6. The second-order valence-corrected chi connectivity index (χ2v) is 8.42. The van der Waals surface area contributed by atoms with Gasteiger partial charge in [0.25, 0.3) is 0 Å². The molecule has 0 amide bonds. The summed E-state index contributed by atoms with van der Waals surface area (Å²) in [6.07, 6.45) is 0. The Morgan fingerprint density at radius 2 is 1.92 bits per heavy atom. The van der Waals surface area contributed by atoms with E-state index in [0.29, 0.717) is 19.6 Å². The van der Waals surface area contributed by atoms with E-state index in [1.165, 1.54) is 5.56 Å². The van der Waals surface area contributed by atoms with Crippen molar-refractivity contribution in [2.45, 2.75) is 20.4 Å². The summed E-state index contributed by atoms with van der Waals surface area (Å²) in [5.74, 6) is 1.27. The van der Waals surface area contributed by atoms with Gasteiger partial charge in [-0.15, -0.1) is 0 Å². The molecule has 2 heterocycles. The molecule has 0 aliphatic carbocycles. The van der Waals surface area contributed by atoms with Crippen molar-refractivity contribution in [1.82, 2.24) is 25.3 Å². The van der Waals surface area contributed by atoms with Gasteiger partial charge < -0.3 is 10.6 Å². The monoisotopic (exact) mass is 356 g/mol. The highest BCUT2D eigenvalue weighted by Crippen LogP contribution is 2.11. The smallest absolute Gasteiger partial charge is 0.191 e. The Kier molecular flexibility index (Phi) is 6.22. The van der Waals surface area contributed by atoms with Crippen LogP contribution in [0.2, 0.25) is 0 Å². The summed E-state index contributed by atoms with van der Waals surface area (Å²) in [4.78, 5) is 6.39. The van der Waals surface area contributed by atoms with E-state index < -0.39 is 9.84 Å². The number of aryl methyl sites for hydroxylation is 2. The molecule has 0 aromatic carbocycles. The average Bonchev–Trinajstić information content (AvgIpc) is 2.77. The zero-order chi connectivity index (χ0) is 17.7. The van der Waals surface area contributed by atoms with Crippen molar-refractivity contribution in [3.63, 3.8) is 0 Å². The molecular formula is C15H28N6O2S. The van der Waals surface area contributed by atoms with Gasteiger partial charge in [0.2, 0.25) is 0 Å². The van der Waals surface area contributed by atoms with E-state index in [9.17, 15) is 8.42 Å². The van der Waals surface area contributed by atoms with Crippen molar-refractivity contribution in [2.75, 3.05) is 44.7 Å². The Hall–Kier alpha value is -1.61. The number of aliphatic imine (C=N–C) groups is 1. The summed E-state index contributed by atoms with van der Waals surface area (Å²) in [6.45, 7) is 7.50. The molecule has 24 heavy (non-hydrogen) atoms. The molecule has 1 aliphatic rings. The van der Waals surface area contributed by atoms with Crippen LogP contribution >= 0.6 is 0 Å². The minimum absolute atomic E-state index is 0.263. The summed E-state index contributed by atoms with van der Waals surface area (Å²) < 4.78 is 24.7. The van der Waals surface area contributed by atoms with Crippen LogP contribution in [0.5, 0.6) is 0 Å². The molecule has 0 bridgehead atoms. The van der Waals surface area contributed by atoms with Crippen LogP contribution in [0.15, 0.2) is 4.99 Å². The van der Waals surface area contributed by atoms with Crippen LogP contribution in [0.1, 0.15) is 17.0 Å². The fraction of sp³-hybridized carbons (Fsp3) is 0.733. The van der Waals surface area contributed by atoms with E-state index in [-0.39, 0.29) is 11.5 Å². The van der Waals surface area contributed by atoms with Gasteiger partial charge in [0.05, 0.1) is 17.2 Å². The maximum Gasteiger partial charge on any atom is 0.191 e. The first-order valence-electron chi connectivity index (χ1n) is 8.19. The van der Waals surface area contributed by atoms with E-state index in [2.05, 4.69) is 32.5 Å². The molecule has 9 heteroatoms. The van der Waals surface area contributed by atoms with Crippen LogP contribution < -0.4 is 10.6 Å². The standard InChI is InChI=1S/C15H28N6O2S/c1-12-14(13(2)20(4)19-12)11-18-15(16-3)17-5-6-21-7-9-24(22,23)10-8-21/h5-11H2,1-4H3,(H2,16,17,18). The third-order valence-corrected chi connectivity index (χ3v) is 6.08. The van der Waals surface area contributed by atoms with Crippen molar-refractivity contribution in [2.24, 2.45) is 12.0 Å². The molecule has 1 aromatic rings. The number of hydrogen-bond acceptors (Lipinski definition) is 5. The highest BCUT2D eigenvalue weighted by atomic mass is 32.2. The lowest BCUT2D eigenvalue weighted by atomic mass is 10.2. The number of sulfone groups is 1. The second kappa shape index (κ2) is 7.98. The first-order chi connectivity index (χ1) is 11.3. The van der Waals surface area contributed by atoms with Crippen molar-refractivity contribution >= 4 is 15.8 Å². The minimum Gasteiger partial charge on any atom is -0.355 e. The van der Waals surface area contributed by atoms with Gasteiger partial charge in [0.15, 0.2) is 15.8 Å². The summed E-state index contributed by atoms with van der Waals surface area (Å²) in [6, 6.07) is 0. The molecule has 1 aliphatic heterocycles. The Bertz CT molecular complexity index is 681. The Balaban J connectivity index is 1.75. The lowest BCUT2D eigenvalue weighted by Crippen LogP contribution is -2.45. The topological polar surface area (TPSA) is 91.6 Å². The maximum absolute atomic E-state index is 11.4. The first kappa shape index (κ1) is 18.7. The lowest BCUT2D eigenvalue weighted by molar-refractivity contribution is 0.299. The zero-order valence-corrected chi connectivity index (χ0v) is 15.8. The highest BCUT2D eigenvalue weighted by Gasteiger charge is 2.20. The number of nitrogens with zero attached hydrogens (tertiary/aromatic N) is 4. The number of hydrogen-bond donors (Lipinski definition) is 2. The molecule has 0 spiro atoms. The minimum atomic E-state index is -2.81. The van der Waals surface area contributed by atoms with Crippen LogP contribution in [0.3, 0.4) is 0 Å². The van der Waals surface area contributed by atoms with Gasteiger partial charge in [-0.05, 0) is 13.8 Å². The largest absolute Gasteiger partial charge is 0.355 e. The number of aromatic nitrogens is 2. The van der Waals surface area contributed by atoms with E-state index >= 15 is 0 Å². The third-order valence-electron chi connectivity index (χ3n) is 4.47. The van der Waals surface area contributed by atoms with Gasteiger partial charge in [-0.25, -0.2) is 8.42 Å². The van der Waals surface area contributed by atoms with Crippen LogP contribution in [-0.4, -0.2) is 73.8 Å². The van der Waals surface area contributed by atoms with E-state index in [1.807, 2.05) is 18.7 Å². The molecule has 1 saturated heterocycles. The van der Waals surface area contributed by atoms with Gasteiger partial charge in [0, 0.05) is 58.1 Å². The predicted molar refractivity (Wildman–Crippen MR) is 96.0 cm³/mol. The number of nitrogens with one attached hydrogen (secondary N) is 2. The average molecular weight is 356 g/mol. The van der Waals surface area contributed by atoms with E-state index in [0.717, 1.165) is 30.4 Å². The van der Waals surface area contributed by atoms with E-state index in [4.69, 9.17) is 0 Å². The Morgan fingerprint density at radius 1 is 1.25 bits per heavy atom. The third kappa shape index (κ3) is 4.94. The Labute approximate surface area is 144 Å². The second-order valence-electron chi connectivity index (χ2n) is 6.12. The number of rotatable bonds is 5. The fourth-order valence-corrected chi connectivity index (χ4v) is 4.05. The molecule has 0 atom stereocenters. The van der Waals surface area contributed by atoms with Crippen molar-refractivity contribution < 1.29 is 8.42 Å². The molecular weight excluding hydrogens is 328 g/mol. The predicted octanol–water partition coefficient (Wildman–Crippen LogP) is -0.568. The molecule has 136 valence electrons. The maximum atomic E-state index is 11.4. The number of guanidine groups is 1. The van der Waals surface area contributed by atoms with E-state index in [1.54, 1.807) is 7.05 Å². The zero-order valence-electron chi connectivity index (χ0n) is 15.0. The molecule has 0 saturated carbocycles. The fourth-order valence-electron chi connectivity index (χ4n) is 2.77. The molecule has 1 fully saturated rings. The van der Waals surface area contributed by atoms with Gasteiger partial charge >= 0.3 is 0 Å². The van der Waals surface area contributed by atoms with Crippen LogP contribution in [0.25, 0.3) is 0 Å².